The Labute approximate surface area is 128 Å². The van der Waals surface area contributed by atoms with Gasteiger partial charge in [0, 0.05) is 17.4 Å². The molecule has 7 heteroatoms. The molecule has 3 rings (SSSR count). The van der Waals surface area contributed by atoms with E-state index in [0.717, 1.165) is 0 Å². The zero-order valence-corrected chi connectivity index (χ0v) is 13.2. The number of fused-ring (bicyclic) bond motifs is 1. The van der Waals surface area contributed by atoms with Crippen molar-refractivity contribution in [2.24, 2.45) is 4.99 Å². The van der Waals surface area contributed by atoms with Crippen molar-refractivity contribution in [3.8, 4) is 0 Å². The normalized spacial score (nSPS) is 28.8. The molecule has 1 aromatic rings. The van der Waals surface area contributed by atoms with Crippen molar-refractivity contribution in [3.63, 3.8) is 0 Å². The number of thioether (sulfide) groups is 1. The smallest absolute Gasteiger partial charge is 0.279 e. The lowest BCUT2D eigenvalue weighted by atomic mass is 10.2. The van der Waals surface area contributed by atoms with Crippen molar-refractivity contribution in [2.75, 3.05) is 18.1 Å². The summed E-state index contributed by atoms with van der Waals surface area (Å²) in [7, 11) is -2.96. The predicted molar refractivity (Wildman–Crippen MR) is 84.4 cm³/mol. The third kappa shape index (κ3) is 2.85. The van der Waals surface area contributed by atoms with Gasteiger partial charge in [0.1, 0.15) is 0 Å². The number of sulfone groups is 1. The van der Waals surface area contributed by atoms with Crippen LogP contribution in [0.25, 0.3) is 0 Å². The molecule has 2 saturated heterocycles. The van der Waals surface area contributed by atoms with Crippen LogP contribution in [-0.2, 0) is 9.84 Å². The van der Waals surface area contributed by atoms with E-state index < -0.39 is 9.84 Å². The maximum atomic E-state index is 12.2. The van der Waals surface area contributed by atoms with Gasteiger partial charge in [-0.1, -0.05) is 30.0 Å². The lowest BCUT2D eigenvalue weighted by molar-refractivity contribution is 0.100. The minimum atomic E-state index is -2.96. The Hall–Kier alpha value is -1.34. The quantitative estimate of drug-likeness (QED) is 0.823. The van der Waals surface area contributed by atoms with E-state index in [1.165, 1.54) is 11.8 Å². The van der Waals surface area contributed by atoms with Crippen LogP contribution < -0.4 is 0 Å². The standard InChI is InChI=1S/C14H16N2O3S2/c1-2-16-11-8-21(18,19)9-12(11)20-14(16)15-13(17)10-6-4-3-5-7-10/h3-7,11-12H,2,8-9H2,1H3/t11-,12-/m1/s1. The van der Waals surface area contributed by atoms with Crippen LogP contribution in [0, 0.1) is 0 Å². The van der Waals surface area contributed by atoms with E-state index in [9.17, 15) is 13.2 Å². The summed E-state index contributed by atoms with van der Waals surface area (Å²) >= 11 is 1.42. The molecule has 0 bridgehead atoms. The number of carbonyl (C=O) groups excluding carboxylic acids is 1. The van der Waals surface area contributed by atoms with Crippen LogP contribution >= 0.6 is 11.8 Å². The summed E-state index contributed by atoms with van der Waals surface area (Å²) in [4.78, 5) is 18.3. The minimum Gasteiger partial charge on any atom is -0.346 e. The van der Waals surface area contributed by atoms with Gasteiger partial charge in [-0.2, -0.15) is 4.99 Å². The van der Waals surface area contributed by atoms with Crippen LogP contribution in [0.5, 0.6) is 0 Å². The minimum absolute atomic E-state index is 0.00252. The highest BCUT2D eigenvalue weighted by Crippen LogP contribution is 2.37. The molecule has 21 heavy (non-hydrogen) atoms. The molecule has 0 unspecified atom stereocenters. The first-order valence-electron chi connectivity index (χ1n) is 6.82. The molecule has 112 valence electrons. The van der Waals surface area contributed by atoms with E-state index in [1.807, 2.05) is 17.9 Å². The van der Waals surface area contributed by atoms with Crippen LogP contribution in [-0.4, -0.2) is 53.7 Å². The highest BCUT2D eigenvalue weighted by atomic mass is 32.2. The van der Waals surface area contributed by atoms with E-state index in [0.29, 0.717) is 17.3 Å². The second-order valence-electron chi connectivity index (χ2n) is 5.15. The molecule has 2 aliphatic rings. The van der Waals surface area contributed by atoms with Gasteiger partial charge in [0.15, 0.2) is 15.0 Å². The van der Waals surface area contributed by atoms with Crippen molar-refractivity contribution in [1.82, 2.24) is 4.90 Å². The second-order valence-corrected chi connectivity index (χ2v) is 8.51. The molecule has 0 saturated carbocycles. The second kappa shape index (κ2) is 5.46. The van der Waals surface area contributed by atoms with E-state index in [1.54, 1.807) is 24.3 Å². The monoisotopic (exact) mass is 324 g/mol. The SMILES string of the molecule is CCN1C(=NC(=O)c2ccccc2)S[C@@H]2CS(=O)(=O)C[C@H]21. The molecule has 1 amide bonds. The summed E-state index contributed by atoms with van der Waals surface area (Å²) in [6.07, 6.45) is 0. The van der Waals surface area contributed by atoms with E-state index in [-0.39, 0.29) is 28.7 Å². The van der Waals surface area contributed by atoms with Crippen molar-refractivity contribution in [1.29, 1.82) is 0 Å². The maximum Gasteiger partial charge on any atom is 0.279 e. The third-order valence-corrected chi connectivity index (χ3v) is 6.98. The molecular weight excluding hydrogens is 308 g/mol. The Balaban J connectivity index is 1.84. The van der Waals surface area contributed by atoms with Gasteiger partial charge in [-0.3, -0.25) is 4.79 Å². The van der Waals surface area contributed by atoms with Crippen molar-refractivity contribution in [3.05, 3.63) is 35.9 Å². The predicted octanol–water partition coefficient (Wildman–Crippen LogP) is 1.42. The maximum absolute atomic E-state index is 12.2. The van der Waals surface area contributed by atoms with Gasteiger partial charge in [-0.15, -0.1) is 0 Å². The average molecular weight is 324 g/mol. The molecule has 0 spiro atoms. The molecule has 0 aromatic heterocycles. The summed E-state index contributed by atoms with van der Waals surface area (Å²) < 4.78 is 23.4. The molecule has 2 aliphatic heterocycles. The van der Waals surface area contributed by atoms with Crippen LogP contribution in [0.15, 0.2) is 35.3 Å². The Morgan fingerprint density at radius 2 is 2.05 bits per heavy atom. The summed E-state index contributed by atoms with van der Waals surface area (Å²) in [5.41, 5.74) is 0.548. The van der Waals surface area contributed by atoms with Gasteiger partial charge < -0.3 is 4.90 Å². The molecule has 0 N–H and O–H groups in total. The number of aliphatic imine (C=N–C) groups is 1. The molecule has 5 nitrogen and oxygen atoms in total. The van der Waals surface area contributed by atoms with Gasteiger partial charge in [0.2, 0.25) is 0 Å². The van der Waals surface area contributed by atoms with Crippen LogP contribution in [0.1, 0.15) is 17.3 Å². The van der Waals surface area contributed by atoms with E-state index >= 15 is 0 Å². The number of amides is 1. The number of hydrogen-bond donors (Lipinski definition) is 0. The summed E-state index contributed by atoms with van der Waals surface area (Å²) in [5.74, 6) is 0.0634. The van der Waals surface area contributed by atoms with Crippen molar-refractivity contribution in [2.45, 2.75) is 18.2 Å². The first-order chi connectivity index (χ1) is 10.00. The van der Waals surface area contributed by atoms with Crippen LogP contribution in [0.4, 0.5) is 0 Å². The summed E-state index contributed by atoms with van der Waals surface area (Å²) in [6, 6.07) is 8.86. The number of amidine groups is 1. The Morgan fingerprint density at radius 3 is 2.71 bits per heavy atom. The van der Waals surface area contributed by atoms with Gasteiger partial charge in [0.05, 0.1) is 17.5 Å². The highest BCUT2D eigenvalue weighted by molar-refractivity contribution is 8.15. The van der Waals surface area contributed by atoms with E-state index in [2.05, 4.69) is 4.99 Å². The van der Waals surface area contributed by atoms with Gasteiger partial charge in [-0.05, 0) is 19.1 Å². The first-order valence-corrected chi connectivity index (χ1v) is 9.52. The summed E-state index contributed by atoms with van der Waals surface area (Å²) in [6.45, 7) is 2.61. The number of rotatable bonds is 2. The highest BCUT2D eigenvalue weighted by Gasteiger charge is 2.48. The van der Waals surface area contributed by atoms with E-state index in [4.69, 9.17) is 0 Å². The number of benzene rings is 1. The Kier molecular flexibility index (Phi) is 3.79. The number of hydrogen-bond acceptors (Lipinski definition) is 4. The number of nitrogens with zero attached hydrogens (tertiary/aromatic N) is 2. The lowest BCUT2D eigenvalue weighted by Gasteiger charge is -2.22. The molecule has 2 heterocycles. The van der Waals surface area contributed by atoms with Gasteiger partial charge in [-0.25, -0.2) is 8.42 Å². The van der Waals surface area contributed by atoms with Crippen molar-refractivity contribution < 1.29 is 13.2 Å². The van der Waals surface area contributed by atoms with Crippen LogP contribution in [0.2, 0.25) is 0 Å². The topological polar surface area (TPSA) is 66.8 Å². The van der Waals surface area contributed by atoms with Crippen LogP contribution in [0.3, 0.4) is 0 Å². The van der Waals surface area contributed by atoms with Gasteiger partial charge >= 0.3 is 0 Å². The fourth-order valence-corrected chi connectivity index (χ4v) is 6.75. The van der Waals surface area contributed by atoms with Gasteiger partial charge in [0.25, 0.3) is 5.91 Å². The Morgan fingerprint density at radius 1 is 1.33 bits per heavy atom. The molecule has 0 radical (unpaired) electrons. The molecule has 0 aliphatic carbocycles. The largest absolute Gasteiger partial charge is 0.346 e. The zero-order chi connectivity index (χ0) is 15.0. The summed E-state index contributed by atoms with van der Waals surface area (Å²) in [5, 5.41) is 0.647. The molecule has 2 fully saturated rings. The zero-order valence-electron chi connectivity index (χ0n) is 11.6. The molecule has 2 atom stereocenters. The fourth-order valence-electron chi connectivity index (χ4n) is 2.74. The lowest BCUT2D eigenvalue weighted by Crippen LogP contribution is -2.37. The van der Waals surface area contributed by atoms with Crippen molar-refractivity contribution >= 4 is 32.7 Å². The number of carbonyl (C=O) groups is 1. The fraction of sp³-hybridized carbons (Fsp3) is 0.429. The Bertz CT molecular complexity index is 685. The average Bonchev–Trinajstić information content (AvgIpc) is 2.90. The first kappa shape index (κ1) is 14.6. The molecular formula is C14H16N2O3S2. The third-order valence-electron chi connectivity index (χ3n) is 3.73. The molecule has 1 aromatic carbocycles.